The highest BCUT2D eigenvalue weighted by Crippen LogP contribution is 2.38. The van der Waals surface area contributed by atoms with Crippen LogP contribution in [0.15, 0.2) is 36.5 Å². The Labute approximate surface area is 119 Å². The highest BCUT2D eigenvalue weighted by Gasteiger charge is 2.39. The molecule has 0 bridgehead atoms. The number of aliphatic hydroxyl groups excluding tert-OH is 1. The van der Waals surface area contributed by atoms with E-state index in [-0.39, 0.29) is 11.5 Å². The van der Waals surface area contributed by atoms with Crippen molar-refractivity contribution in [1.82, 2.24) is 4.98 Å². The summed E-state index contributed by atoms with van der Waals surface area (Å²) in [7, 11) is 0. The highest BCUT2D eigenvalue weighted by atomic mass is 16.5. The van der Waals surface area contributed by atoms with E-state index in [4.69, 9.17) is 4.74 Å². The first-order valence-corrected chi connectivity index (χ1v) is 7.26. The Morgan fingerprint density at radius 2 is 2.10 bits per heavy atom. The lowest BCUT2D eigenvalue weighted by Crippen LogP contribution is -2.46. The summed E-state index contributed by atoms with van der Waals surface area (Å²) in [5, 5.41) is 11.5. The average Bonchev–Trinajstić information content (AvgIpc) is 2.44. The van der Waals surface area contributed by atoms with Gasteiger partial charge in [0.25, 0.3) is 0 Å². The summed E-state index contributed by atoms with van der Waals surface area (Å²) in [6.07, 6.45) is 4.27. The zero-order valence-corrected chi connectivity index (χ0v) is 12.0. The van der Waals surface area contributed by atoms with Gasteiger partial charge in [0.2, 0.25) is 0 Å². The fraction of sp³-hybridized carbons (Fsp3) is 0.471. The SMILES string of the molecule is CC1(C)CCCC(Oc2cccc3ncccc23)C1O. The normalized spacial score (nSPS) is 25.6. The van der Waals surface area contributed by atoms with Gasteiger partial charge in [-0.1, -0.05) is 19.9 Å². The molecule has 0 saturated heterocycles. The smallest absolute Gasteiger partial charge is 0.129 e. The zero-order chi connectivity index (χ0) is 14.2. The predicted octanol–water partition coefficient (Wildman–Crippen LogP) is 3.55. The Kier molecular flexibility index (Phi) is 3.38. The molecule has 0 amide bonds. The number of aromatic nitrogens is 1. The number of benzene rings is 1. The van der Waals surface area contributed by atoms with Crippen LogP contribution in [0.4, 0.5) is 0 Å². The van der Waals surface area contributed by atoms with Crippen LogP contribution in [0, 0.1) is 5.41 Å². The molecule has 20 heavy (non-hydrogen) atoms. The van der Waals surface area contributed by atoms with Crippen LogP contribution in [0.1, 0.15) is 33.1 Å². The first kappa shape index (κ1) is 13.4. The van der Waals surface area contributed by atoms with Crippen LogP contribution in [0.2, 0.25) is 0 Å². The van der Waals surface area contributed by atoms with Gasteiger partial charge in [0, 0.05) is 11.6 Å². The van der Waals surface area contributed by atoms with Crippen molar-refractivity contribution in [3.05, 3.63) is 36.5 Å². The van der Waals surface area contributed by atoms with Crippen LogP contribution in [0.25, 0.3) is 10.9 Å². The van der Waals surface area contributed by atoms with Gasteiger partial charge in [0.15, 0.2) is 0 Å². The standard InChI is InChI=1S/C17H21NO2/c1-17(2)10-4-9-15(16(17)19)20-14-8-3-7-13-12(14)6-5-11-18-13/h3,5-8,11,15-16,19H,4,9-10H2,1-2H3. The Bertz CT molecular complexity index is 603. The molecule has 0 spiro atoms. The third-order valence-electron chi connectivity index (χ3n) is 4.35. The minimum atomic E-state index is -0.428. The van der Waals surface area contributed by atoms with E-state index in [9.17, 15) is 5.11 Å². The van der Waals surface area contributed by atoms with Crippen molar-refractivity contribution in [2.45, 2.75) is 45.3 Å². The van der Waals surface area contributed by atoms with Gasteiger partial charge in [0.05, 0.1) is 11.6 Å². The number of fused-ring (bicyclic) bond motifs is 1. The second kappa shape index (κ2) is 5.06. The molecule has 1 N–H and O–H groups in total. The van der Waals surface area contributed by atoms with E-state index in [0.717, 1.165) is 35.9 Å². The van der Waals surface area contributed by atoms with E-state index in [1.807, 2.05) is 30.3 Å². The third kappa shape index (κ3) is 2.38. The van der Waals surface area contributed by atoms with E-state index in [1.54, 1.807) is 6.20 Å². The number of aliphatic hydroxyl groups is 1. The minimum absolute atomic E-state index is 0.0776. The quantitative estimate of drug-likeness (QED) is 0.908. The first-order valence-electron chi connectivity index (χ1n) is 7.26. The molecule has 106 valence electrons. The fourth-order valence-corrected chi connectivity index (χ4v) is 3.03. The molecule has 3 heteroatoms. The zero-order valence-electron chi connectivity index (χ0n) is 12.0. The van der Waals surface area contributed by atoms with Gasteiger partial charge in [-0.25, -0.2) is 0 Å². The van der Waals surface area contributed by atoms with Gasteiger partial charge in [-0.15, -0.1) is 0 Å². The van der Waals surface area contributed by atoms with E-state index >= 15 is 0 Å². The highest BCUT2D eigenvalue weighted by molar-refractivity contribution is 5.84. The molecule has 1 fully saturated rings. The maximum absolute atomic E-state index is 10.5. The number of nitrogens with zero attached hydrogens (tertiary/aromatic N) is 1. The van der Waals surface area contributed by atoms with Gasteiger partial charge in [-0.05, 0) is 48.9 Å². The van der Waals surface area contributed by atoms with Crippen molar-refractivity contribution < 1.29 is 9.84 Å². The van der Waals surface area contributed by atoms with E-state index in [2.05, 4.69) is 18.8 Å². The van der Waals surface area contributed by atoms with E-state index in [1.165, 1.54) is 0 Å². The molecule has 1 aromatic carbocycles. The summed E-state index contributed by atoms with van der Waals surface area (Å²) in [6.45, 7) is 4.22. The van der Waals surface area contributed by atoms with Gasteiger partial charge in [-0.3, -0.25) is 4.98 Å². The van der Waals surface area contributed by atoms with Crippen molar-refractivity contribution in [3.63, 3.8) is 0 Å². The molecule has 3 nitrogen and oxygen atoms in total. The van der Waals surface area contributed by atoms with Crippen LogP contribution in [-0.2, 0) is 0 Å². The van der Waals surface area contributed by atoms with Crippen molar-refractivity contribution in [2.24, 2.45) is 5.41 Å². The van der Waals surface area contributed by atoms with Crippen molar-refractivity contribution in [1.29, 1.82) is 0 Å². The molecule has 2 unspecified atom stereocenters. The molecule has 2 atom stereocenters. The van der Waals surface area contributed by atoms with Gasteiger partial charge in [0.1, 0.15) is 11.9 Å². The Hall–Kier alpha value is -1.61. The van der Waals surface area contributed by atoms with E-state index < -0.39 is 6.10 Å². The lowest BCUT2D eigenvalue weighted by atomic mass is 9.73. The largest absolute Gasteiger partial charge is 0.487 e. The van der Waals surface area contributed by atoms with Crippen LogP contribution in [0.5, 0.6) is 5.75 Å². The number of hydrogen-bond donors (Lipinski definition) is 1. The molecular formula is C17H21NO2. The van der Waals surface area contributed by atoms with Gasteiger partial charge in [-0.2, -0.15) is 0 Å². The fourth-order valence-electron chi connectivity index (χ4n) is 3.03. The maximum atomic E-state index is 10.5. The van der Waals surface area contributed by atoms with Crippen molar-refractivity contribution >= 4 is 10.9 Å². The molecule has 1 aromatic heterocycles. The lowest BCUT2D eigenvalue weighted by Gasteiger charge is -2.40. The molecule has 0 radical (unpaired) electrons. The maximum Gasteiger partial charge on any atom is 0.129 e. The van der Waals surface area contributed by atoms with Gasteiger partial charge >= 0.3 is 0 Å². The second-order valence-electron chi connectivity index (χ2n) is 6.31. The molecule has 2 aromatic rings. The molecule has 3 rings (SSSR count). The van der Waals surface area contributed by atoms with E-state index in [0.29, 0.717) is 0 Å². The molecule has 1 aliphatic carbocycles. The molecule has 1 heterocycles. The molecule has 1 aliphatic rings. The Morgan fingerprint density at radius 3 is 2.95 bits per heavy atom. The number of hydrogen-bond acceptors (Lipinski definition) is 3. The molecule has 0 aliphatic heterocycles. The van der Waals surface area contributed by atoms with Crippen LogP contribution >= 0.6 is 0 Å². The summed E-state index contributed by atoms with van der Waals surface area (Å²) in [6, 6.07) is 9.81. The predicted molar refractivity (Wildman–Crippen MR) is 79.8 cm³/mol. The average molecular weight is 271 g/mol. The lowest BCUT2D eigenvalue weighted by molar-refractivity contribution is -0.0684. The third-order valence-corrected chi connectivity index (χ3v) is 4.35. The Morgan fingerprint density at radius 1 is 1.25 bits per heavy atom. The van der Waals surface area contributed by atoms with Crippen molar-refractivity contribution in [3.8, 4) is 5.75 Å². The Balaban J connectivity index is 1.90. The number of pyridine rings is 1. The molecular weight excluding hydrogens is 250 g/mol. The summed E-state index contributed by atoms with van der Waals surface area (Å²) in [5.74, 6) is 0.817. The van der Waals surface area contributed by atoms with Crippen LogP contribution in [-0.4, -0.2) is 22.3 Å². The topological polar surface area (TPSA) is 42.4 Å². The second-order valence-corrected chi connectivity index (χ2v) is 6.31. The number of rotatable bonds is 2. The summed E-state index contributed by atoms with van der Waals surface area (Å²) in [4.78, 5) is 4.34. The first-order chi connectivity index (χ1) is 9.58. The number of ether oxygens (including phenoxy) is 1. The summed E-state index contributed by atoms with van der Waals surface area (Å²) in [5.41, 5.74) is 0.848. The summed E-state index contributed by atoms with van der Waals surface area (Å²) >= 11 is 0. The van der Waals surface area contributed by atoms with Gasteiger partial charge < -0.3 is 9.84 Å². The monoisotopic (exact) mass is 271 g/mol. The van der Waals surface area contributed by atoms with Crippen LogP contribution < -0.4 is 4.74 Å². The van der Waals surface area contributed by atoms with Crippen molar-refractivity contribution in [2.75, 3.05) is 0 Å². The summed E-state index contributed by atoms with van der Waals surface area (Å²) < 4.78 is 6.13. The molecule has 1 saturated carbocycles. The van der Waals surface area contributed by atoms with Crippen LogP contribution in [0.3, 0.4) is 0 Å². The minimum Gasteiger partial charge on any atom is -0.487 e.